The van der Waals surface area contributed by atoms with Gasteiger partial charge in [0.15, 0.2) is 0 Å². The Morgan fingerprint density at radius 2 is 1.89 bits per heavy atom. The minimum Gasteiger partial charge on any atom is -0.355 e. The molecule has 0 radical (unpaired) electrons. The number of rotatable bonds is 8. The van der Waals surface area contributed by atoms with E-state index in [1.165, 1.54) is 17.3 Å². The molecule has 0 saturated carbocycles. The Balaban J connectivity index is 1.40. The Morgan fingerprint density at radius 1 is 1.15 bits per heavy atom. The summed E-state index contributed by atoms with van der Waals surface area (Å²) in [6.07, 6.45) is 0.870. The summed E-state index contributed by atoms with van der Waals surface area (Å²) >= 11 is 1.52. The summed E-state index contributed by atoms with van der Waals surface area (Å²) in [7, 11) is 2.08. The van der Waals surface area contributed by atoms with Gasteiger partial charge in [-0.05, 0) is 37.7 Å². The molecule has 0 fully saturated rings. The second-order valence-electron chi connectivity index (χ2n) is 6.66. The molecule has 3 rings (SSSR count). The van der Waals surface area contributed by atoms with E-state index in [9.17, 15) is 9.59 Å². The van der Waals surface area contributed by atoms with Crippen LogP contribution in [0.5, 0.6) is 0 Å². The summed E-state index contributed by atoms with van der Waals surface area (Å²) < 4.78 is 0. The standard InChI is InChI=1S/C21H25N3O2S/c1-23(14-17-8-3-2-4-9-17)13-7-12-22-20(25)15-24-18-10-5-6-11-19(18)27-16-21(24)26/h2-6,8-11H,7,12-16H2,1H3,(H,22,25). The third kappa shape index (κ3) is 5.58. The van der Waals surface area contributed by atoms with Crippen LogP contribution in [0.15, 0.2) is 59.5 Å². The molecule has 6 heteroatoms. The molecule has 1 N–H and O–H groups in total. The van der Waals surface area contributed by atoms with Gasteiger partial charge in [-0.15, -0.1) is 11.8 Å². The van der Waals surface area contributed by atoms with Crippen LogP contribution in [0.4, 0.5) is 5.69 Å². The third-order valence-corrected chi connectivity index (χ3v) is 5.49. The van der Waals surface area contributed by atoms with Crippen molar-refractivity contribution in [2.75, 3.05) is 37.3 Å². The lowest BCUT2D eigenvalue weighted by Gasteiger charge is -2.28. The summed E-state index contributed by atoms with van der Waals surface area (Å²) in [5, 5.41) is 2.93. The van der Waals surface area contributed by atoms with Crippen molar-refractivity contribution in [3.05, 3.63) is 60.2 Å². The number of amides is 2. The van der Waals surface area contributed by atoms with Crippen LogP contribution >= 0.6 is 11.8 Å². The molecule has 2 aromatic rings. The fourth-order valence-corrected chi connectivity index (χ4v) is 4.01. The molecule has 0 atom stereocenters. The number of nitrogens with one attached hydrogen (secondary N) is 1. The molecular weight excluding hydrogens is 358 g/mol. The predicted molar refractivity (Wildman–Crippen MR) is 110 cm³/mol. The third-order valence-electron chi connectivity index (χ3n) is 4.44. The Bertz CT molecular complexity index is 782. The number of para-hydroxylation sites is 1. The summed E-state index contributed by atoms with van der Waals surface area (Å²) in [6.45, 7) is 2.48. The van der Waals surface area contributed by atoms with Gasteiger partial charge in [-0.2, -0.15) is 0 Å². The van der Waals surface area contributed by atoms with Crippen molar-refractivity contribution in [1.29, 1.82) is 0 Å². The summed E-state index contributed by atoms with van der Waals surface area (Å²) in [5.74, 6) is 0.251. The molecule has 0 unspecified atom stereocenters. The molecule has 5 nitrogen and oxygen atoms in total. The van der Waals surface area contributed by atoms with Crippen molar-refractivity contribution < 1.29 is 9.59 Å². The van der Waals surface area contributed by atoms with Gasteiger partial charge in [0.1, 0.15) is 6.54 Å². The smallest absolute Gasteiger partial charge is 0.240 e. The zero-order chi connectivity index (χ0) is 19.1. The molecule has 0 aliphatic carbocycles. The zero-order valence-corrected chi connectivity index (χ0v) is 16.4. The summed E-state index contributed by atoms with van der Waals surface area (Å²) in [4.78, 5) is 29.4. The Labute approximate surface area is 164 Å². The van der Waals surface area contributed by atoms with E-state index < -0.39 is 0 Å². The molecule has 2 amide bonds. The van der Waals surface area contributed by atoms with Gasteiger partial charge in [0.25, 0.3) is 0 Å². The lowest BCUT2D eigenvalue weighted by Crippen LogP contribution is -2.43. The molecule has 0 spiro atoms. The van der Waals surface area contributed by atoms with E-state index in [1.54, 1.807) is 4.90 Å². The first-order chi connectivity index (χ1) is 13.1. The fraction of sp³-hybridized carbons (Fsp3) is 0.333. The van der Waals surface area contributed by atoms with Crippen molar-refractivity contribution in [2.45, 2.75) is 17.9 Å². The molecule has 1 aliphatic rings. The highest BCUT2D eigenvalue weighted by molar-refractivity contribution is 8.00. The lowest BCUT2D eigenvalue weighted by atomic mass is 10.2. The van der Waals surface area contributed by atoms with Crippen LogP contribution in [-0.4, -0.2) is 49.1 Å². The van der Waals surface area contributed by atoms with E-state index in [0.717, 1.165) is 30.1 Å². The second-order valence-corrected chi connectivity index (χ2v) is 7.68. The topological polar surface area (TPSA) is 52.7 Å². The van der Waals surface area contributed by atoms with Gasteiger partial charge in [0.2, 0.25) is 11.8 Å². The van der Waals surface area contributed by atoms with Crippen LogP contribution in [0.25, 0.3) is 0 Å². The molecule has 142 valence electrons. The quantitative estimate of drug-likeness (QED) is 0.712. The maximum absolute atomic E-state index is 12.3. The minimum atomic E-state index is -0.115. The molecular formula is C21H25N3O2S. The van der Waals surface area contributed by atoms with E-state index in [4.69, 9.17) is 0 Å². The van der Waals surface area contributed by atoms with Crippen molar-refractivity contribution in [3.63, 3.8) is 0 Å². The van der Waals surface area contributed by atoms with Gasteiger partial charge < -0.3 is 15.1 Å². The van der Waals surface area contributed by atoms with Crippen LogP contribution in [0.3, 0.4) is 0 Å². The van der Waals surface area contributed by atoms with E-state index in [2.05, 4.69) is 29.4 Å². The van der Waals surface area contributed by atoms with E-state index >= 15 is 0 Å². The van der Waals surface area contributed by atoms with Crippen molar-refractivity contribution in [1.82, 2.24) is 10.2 Å². The molecule has 2 aromatic carbocycles. The molecule has 27 heavy (non-hydrogen) atoms. The monoisotopic (exact) mass is 383 g/mol. The van der Waals surface area contributed by atoms with Crippen LogP contribution in [0, 0.1) is 0 Å². The van der Waals surface area contributed by atoms with Crippen molar-refractivity contribution >= 4 is 29.3 Å². The highest BCUT2D eigenvalue weighted by atomic mass is 32.2. The SMILES string of the molecule is CN(CCCNC(=O)CN1C(=O)CSc2ccccc21)Cc1ccccc1. The highest BCUT2D eigenvalue weighted by Gasteiger charge is 2.25. The van der Waals surface area contributed by atoms with E-state index in [-0.39, 0.29) is 18.4 Å². The number of thioether (sulfide) groups is 1. The molecule has 1 aliphatic heterocycles. The van der Waals surface area contributed by atoms with Crippen LogP contribution in [0.1, 0.15) is 12.0 Å². The van der Waals surface area contributed by atoms with Gasteiger partial charge in [-0.25, -0.2) is 0 Å². The molecule has 0 saturated heterocycles. The van der Waals surface area contributed by atoms with E-state index in [1.807, 2.05) is 42.5 Å². The number of benzene rings is 2. The van der Waals surface area contributed by atoms with E-state index in [0.29, 0.717) is 12.3 Å². The van der Waals surface area contributed by atoms with Crippen molar-refractivity contribution in [3.8, 4) is 0 Å². The maximum Gasteiger partial charge on any atom is 0.240 e. The van der Waals surface area contributed by atoms with Crippen LogP contribution in [-0.2, 0) is 16.1 Å². The Kier molecular flexibility index (Phi) is 6.90. The van der Waals surface area contributed by atoms with Gasteiger partial charge in [-0.1, -0.05) is 42.5 Å². The average molecular weight is 384 g/mol. The molecule has 0 bridgehead atoms. The zero-order valence-electron chi connectivity index (χ0n) is 15.6. The van der Waals surface area contributed by atoms with Gasteiger partial charge in [0, 0.05) is 18.0 Å². The number of hydrogen-bond donors (Lipinski definition) is 1. The van der Waals surface area contributed by atoms with Crippen LogP contribution < -0.4 is 10.2 Å². The number of fused-ring (bicyclic) bond motifs is 1. The average Bonchev–Trinajstić information content (AvgIpc) is 2.68. The number of anilines is 1. The number of carbonyl (C=O) groups is 2. The molecule has 0 aromatic heterocycles. The normalized spacial score (nSPS) is 13.6. The molecule has 1 heterocycles. The number of nitrogens with zero attached hydrogens (tertiary/aromatic N) is 2. The van der Waals surface area contributed by atoms with Gasteiger partial charge in [-0.3, -0.25) is 9.59 Å². The number of carbonyl (C=O) groups excluding carboxylic acids is 2. The first-order valence-corrected chi connectivity index (χ1v) is 10.1. The lowest BCUT2D eigenvalue weighted by molar-refractivity contribution is -0.123. The predicted octanol–water partition coefficient (Wildman–Crippen LogP) is 2.76. The first-order valence-electron chi connectivity index (χ1n) is 9.15. The Morgan fingerprint density at radius 3 is 2.70 bits per heavy atom. The summed E-state index contributed by atoms with van der Waals surface area (Å²) in [5.41, 5.74) is 2.11. The first kappa shape index (κ1) is 19.5. The largest absolute Gasteiger partial charge is 0.355 e. The van der Waals surface area contributed by atoms with Crippen LogP contribution in [0.2, 0.25) is 0 Å². The van der Waals surface area contributed by atoms with Gasteiger partial charge in [0.05, 0.1) is 11.4 Å². The second kappa shape index (κ2) is 9.58. The fourth-order valence-electron chi connectivity index (χ4n) is 3.08. The summed E-state index contributed by atoms with van der Waals surface area (Å²) in [6, 6.07) is 18.1. The maximum atomic E-state index is 12.3. The minimum absolute atomic E-state index is 0.0172. The van der Waals surface area contributed by atoms with Crippen molar-refractivity contribution in [2.24, 2.45) is 0 Å². The highest BCUT2D eigenvalue weighted by Crippen LogP contribution is 2.34. The number of hydrogen-bond acceptors (Lipinski definition) is 4. The van der Waals surface area contributed by atoms with Gasteiger partial charge >= 0.3 is 0 Å². The Hall–Kier alpha value is -2.31.